The molecule has 0 aromatic rings. The van der Waals surface area contributed by atoms with Crippen LogP contribution in [0.2, 0.25) is 0 Å². The van der Waals surface area contributed by atoms with Crippen LogP contribution in [0.25, 0.3) is 0 Å². The minimum atomic E-state index is -0.931. The maximum Gasteiger partial charge on any atom is 0.416 e. The van der Waals surface area contributed by atoms with E-state index >= 15 is 0 Å². The fourth-order valence-corrected chi connectivity index (χ4v) is 1.38. The average molecular weight is 215 g/mol. The molecule has 3 N–H and O–H groups in total. The molecule has 1 aliphatic rings. The van der Waals surface area contributed by atoms with E-state index < -0.39 is 17.8 Å². The van der Waals surface area contributed by atoms with Crippen molar-refractivity contribution in [2.24, 2.45) is 11.7 Å². The fourth-order valence-electron chi connectivity index (χ4n) is 1.38. The Morgan fingerprint density at radius 2 is 2.40 bits per heavy atom. The van der Waals surface area contributed by atoms with Crippen LogP contribution in [0.1, 0.15) is 13.8 Å². The number of carbonyl (C=O) groups excluding carboxylic acids is 1. The van der Waals surface area contributed by atoms with Crippen molar-refractivity contribution < 1.29 is 13.9 Å². The van der Waals surface area contributed by atoms with Crippen molar-refractivity contribution >= 4 is 11.9 Å². The van der Waals surface area contributed by atoms with E-state index in [0.29, 0.717) is 6.20 Å². The number of cyclic esters (lactones) is 1. The van der Waals surface area contributed by atoms with Crippen LogP contribution in [-0.4, -0.2) is 29.5 Å². The van der Waals surface area contributed by atoms with Crippen molar-refractivity contribution in [3.63, 3.8) is 0 Å². The molecule has 1 heterocycles. The van der Waals surface area contributed by atoms with Gasteiger partial charge in [0.1, 0.15) is 6.61 Å². The van der Waals surface area contributed by atoms with E-state index in [4.69, 9.17) is 15.9 Å². The van der Waals surface area contributed by atoms with Crippen LogP contribution in [0.4, 0.5) is 9.18 Å². The number of amides is 1. The normalized spacial score (nSPS) is 22.1. The summed E-state index contributed by atoms with van der Waals surface area (Å²) in [5.74, 6) is -1.39. The van der Waals surface area contributed by atoms with Crippen molar-refractivity contribution in [3.8, 4) is 0 Å². The molecule has 5 nitrogen and oxygen atoms in total. The summed E-state index contributed by atoms with van der Waals surface area (Å²) in [6.45, 7) is 3.92. The summed E-state index contributed by atoms with van der Waals surface area (Å²) in [7, 11) is 0. The summed E-state index contributed by atoms with van der Waals surface area (Å²) in [5.41, 5.74) is 4.95. The van der Waals surface area contributed by atoms with Gasteiger partial charge in [-0.05, 0) is 5.92 Å². The molecule has 0 bridgehead atoms. The maximum absolute atomic E-state index is 13.0. The number of ether oxygens (including phenoxy) is 1. The Morgan fingerprint density at radius 3 is 2.87 bits per heavy atom. The number of rotatable bonds is 2. The van der Waals surface area contributed by atoms with Gasteiger partial charge in [-0.3, -0.25) is 10.3 Å². The molecule has 1 atom stereocenters. The van der Waals surface area contributed by atoms with E-state index in [1.807, 2.05) is 13.8 Å². The Labute approximate surface area is 87.2 Å². The second-order valence-electron chi connectivity index (χ2n) is 3.62. The molecule has 0 aromatic heterocycles. The molecule has 0 aromatic carbocycles. The monoisotopic (exact) mass is 215 g/mol. The highest BCUT2D eigenvalue weighted by molar-refractivity contribution is 6.03. The van der Waals surface area contributed by atoms with Crippen LogP contribution in [0.15, 0.2) is 12.0 Å². The average Bonchev–Trinajstić information content (AvgIpc) is 2.58. The Hall–Kier alpha value is -1.59. The number of nitrogens with two attached hydrogens (primary N) is 1. The molecule has 1 fully saturated rings. The Morgan fingerprint density at radius 1 is 1.80 bits per heavy atom. The third kappa shape index (κ3) is 2.08. The third-order valence-corrected chi connectivity index (χ3v) is 2.29. The molecule has 0 radical (unpaired) electrons. The third-order valence-electron chi connectivity index (χ3n) is 2.29. The van der Waals surface area contributed by atoms with Crippen LogP contribution in [0.3, 0.4) is 0 Å². The van der Waals surface area contributed by atoms with Crippen LogP contribution in [0.5, 0.6) is 0 Å². The first-order valence-corrected chi connectivity index (χ1v) is 4.61. The van der Waals surface area contributed by atoms with Crippen LogP contribution in [0, 0.1) is 11.3 Å². The molecule has 0 saturated carbocycles. The summed E-state index contributed by atoms with van der Waals surface area (Å²) in [5, 5.41) is 7.45. The highest BCUT2D eigenvalue weighted by Gasteiger charge is 2.38. The lowest BCUT2D eigenvalue weighted by molar-refractivity contribution is 0.168. The number of hydrogen-bond acceptors (Lipinski definition) is 4. The lowest BCUT2D eigenvalue weighted by Gasteiger charge is -2.23. The molecule has 0 unspecified atom stereocenters. The van der Waals surface area contributed by atoms with Gasteiger partial charge in [0.2, 0.25) is 0 Å². The van der Waals surface area contributed by atoms with Crippen molar-refractivity contribution in [1.82, 2.24) is 4.90 Å². The zero-order valence-electron chi connectivity index (χ0n) is 8.66. The Balaban J connectivity index is 2.90. The first kappa shape index (κ1) is 11.5. The van der Waals surface area contributed by atoms with E-state index in [2.05, 4.69) is 0 Å². The van der Waals surface area contributed by atoms with Gasteiger partial charge in [-0.25, -0.2) is 9.18 Å². The summed E-state index contributed by atoms with van der Waals surface area (Å²) in [6.07, 6.45) is -0.0404. The zero-order chi connectivity index (χ0) is 11.6. The highest BCUT2D eigenvalue weighted by Crippen LogP contribution is 2.21. The standard InChI is InChI=1S/C9H14FN3O2/c1-5(2)7-4-15-9(14)13(7)8(12)6(10)3-11/h3,5,7,12H,4,11H2,1-2H3/t7-/m1/s1. The summed E-state index contributed by atoms with van der Waals surface area (Å²) >= 11 is 0. The first-order valence-electron chi connectivity index (χ1n) is 4.61. The predicted molar refractivity (Wildman–Crippen MR) is 52.9 cm³/mol. The largest absolute Gasteiger partial charge is 0.447 e. The minimum Gasteiger partial charge on any atom is -0.447 e. The second-order valence-corrected chi connectivity index (χ2v) is 3.62. The van der Waals surface area contributed by atoms with Crippen LogP contribution < -0.4 is 5.73 Å². The van der Waals surface area contributed by atoms with Crippen molar-refractivity contribution in [3.05, 3.63) is 12.0 Å². The molecule has 0 aliphatic carbocycles. The molecule has 6 heteroatoms. The Kier molecular flexibility index (Phi) is 3.28. The summed E-state index contributed by atoms with van der Waals surface area (Å²) in [6, 6.07) is -0.310. The van der Waals surface area contributed by atoms with E-state index in [-0.39, 0.29) is 18.6 Å². The SMILES string of the molecule is CC(C)[C@H]1COC(=O)N1C(=N)C(F)=CN. The molecule has 1 saturated heterocycles. The van der Waals surface area contributed by atoms with Crippen molar-refractivity contribution in [1.29, 1.82) is 5.41 Å². The van der Waals surface area contributed by atoms with Gasteiger partial charge in [-0.2, -0.15) is 0 Å². The minimum absolute atomic E-state index is 0.0855. The van der Waals surface area contributed by atoms with E-state index in [0.717, 1.165) is 4.90 Å². The number of halogens is 1. The molecule has 84 valence electrons. The molecular weight excluding hydrogens is 201 g/mol. The van der Waals surface area contributed by atoms with Crippen molar-refractivity contribution in [2.75, 3.05) is 6.61 Å². The number of amidine groups is 1. The van der Waals surface area contributed by atoms with Crippen LogP contribution >= 0.6 is 0 Å². The zero-order valence-corrected chi connectivity index (χ0v) is 8.66. The number of nitrogens with zero attached hydrogens (tertiary/aromatic N) is 1. The van der Waals surface area contributed by atoms with E-state index in [1.165, 1.54) is 0 Å². The van der Waals surface area contributed by atoms with Crippen molar-refractivity contribution in [2.45, 2.75) is 19.9 Å². The quantitative estimate of drug-likeness (QED) is 0.536. The smallest absolute Gasteiger partial charge is 0.416 e. The maximum atomic E-state index is 13.0. The van der Waals surface area contributed by atoms with E-state index in [9.17, 15) is 9.18 Å². The van der Waals surface area contributed by atoms with E-state index in [1.54, 1.807) is 0 Å². The van der Waals surface area contributed by atoms with Gasteiger partial charge in [0, 0.05) is 6.20 Å². The predicted octanol–water partition coefficient (Wildman–Crippen LogP) is 1.21. The van der Waals surface area contributed by atoms with Gasteiger partial charge in [0.15, 0.2) is 11.7 Å². The number of carbonyl (C=O) groups is 1. The summed E-state index contributed by atoms with van der Waals surface area (Å²) in [4.78, 5) is 12.3. The fraction of sp³-hybridized carbons (Fsp3) is 0.556. The van der Waals surface area contributed by atoms with Gasteiger partial charge in [-0.15, -0.1) is 0 Å². The molecular formula is C9H14FN3O2. The highest BCUT2D eigenvalue weighted by atomic mass is 19.1. The molecule has 1 aliphatic heterocycles. The lowest BCUT2D eigenvalue weighted by Crippen LogP contribution is -2.41. The molecule has 1 rings (SSSR count). The summed E-state index contributed by atoms with van der Waals surface area (Å²) < 4.78 is 17.8. The number of hydrogen-bond donors (Lipinski definition) is 2. The molecule has 0 spiro atoms. The molecule has 15 heavy (non-hydrogen) atoms. The van der Waals surface area contributed by atoms with Crippen LogP contribution in [-0.2, 0) is 4.74 Å². The lowest BCUT2D eigenvalue weighted by atomic mass is 10.0. The number of nitrogens with one attached hydrogen (secondary N) is 1. The Bertz CT molecular complexity index is 314. The van der Waals surface area contributed by atoms with Gasteiger partial charge in [0.05, 0.1) is 6.04 Å². The molecule has 1 amide bonds. The van der Waals surface area contributed by atoms with Gasteiger partial charge in [-0.1, -0.05) is 13.8 Å². The van der Waals surface area contributed by atoms with Gasteiger partial charge < -0.3 is 10.5 Å². The first-order chi connectivity index (χ1) is 6.99. The second kappa shape index (κ2) is 4.29. The van der Waals surface area contributed by atoms with Gasteiger partial charge >= 0.3 is 6.09 Å². The topological polar surface area (TPSA) is 79.4 Å². The van der Waals surface area contributed by atoms with Gasteiger partial charge in [0.25, 0.3) is 0 Å².